The van der Waals surface area contributed by atoms with Gasteiger partial charge in [-0.05, 0) is 95.9 Å². The number of rotatable bonds is 4. The molecule has 1 spiro atoms. The fourth-order valence-electron chi connectivity index (χ4n) is 10.8. The van der Waals surface area contributed by atoms with Crippen LogP contribution in [0.1, 0.15) is 43.2 Å². The van der Waals surface area contributed by atoms with Crippen LogP contribution in [0.5, 0.6) is 11.5 Å². The predicted molar refractivity (Wildman–Crippen MR) is 203 cm³/mol. The standard InChI is InChI=1S/C47H37N3O/c1-3-11-31(12-4-1)36-20-21-39(38-16-8-7-15-37(36)38)46-49-44(32-13-5-2-6-14-32)48-45(50-46)33-19-22-41-43(28-33)51-42-18-10-9-17-40(42)47(41)34-24-29-23-30(26-34)27-35(47)25-29/h1-22,28-30,34-35H,23-27H2. The van der Waals surface area contributed by atoms with E-state index in [0.717, 1.165) is 45.4 Å². The van der Waals surface area contributed by atoms with Gasteiger partial charge in [-0.15, -0.1) is 0 Å². The summed E-state index contributed by atoms with van der Waals surface area (Å²) in [5, 5.41) is 2.29. The Morgan fingerprint density at radius 1 is 0.431 bits per heavy atom. The number of para-hydroxylation sites is 1. The third-order valence-electron chi connectivity index (χ3n) is 12.6. The lowest BCUT2D eigenvalue weighted by Gasteiger charge is -2.63. The van der Waals surface area contributed by atoms with Gasteiger partial charge in [0.2, 0.25) is 0 Å². The fourth-order valence-corrected chi connectivity index (χ4v) is 10.8. The highest BCUT2D eigenvalue weighted by atomic mass is 16.5. The third kappa shape index (κ3) is 4.42. The summed E-state index contributed by atoms with van der Waals surface area (Å²) >= 11 is 0. The normalized spacial score (nSPS) is 23.9. The first-order chi connectivity index (χ1) is 25.2. The second-order valence-corrected chi connectivity index (χ2v) is 15.2. The molecule has 0 N–H and O–H groups in total. The van der Waals surface area contributed by atoms with Crippen molar-refractivity contribution in [2.75, 3.05) is 0 Å². The van der Waals surface area contributed by atoms with Crippen LogP contribution in [0.25, 0.3) is 56.1 Å². The molecule has 0 atom stereocenters. The van der Waals surface area contributed by atoms with Crippen molar-refractivity contribution >= 4 is 10.8 Å². The molecule has 4 heteroatoms. The zero-order valence-corrected chi connectivity index (χ0v) is 28.4. The highest BCUT2D eigenvalue weighted by Gasteiger charge is 2.61. The van der Waals surface area contributed by atoms with Gasteiger partial charge in [0, 0.05) is 33.2 Å². The van der Waals surface area contributed by atoms with E-state index >= 15 is 0 Å². The van der Waals surface area contributed by atoms with Crippen LogP contribution in [-0.2, 0) is 5.41 Å². The summed E-state index contributed by atoms with van der Waals surface area (Å²) in [6.45, 7) is 0. The van der Waals surface area contributed by atoms with Crippen molar-refractivity contribution in [1.82, 2.24) is 15.0 Å². The van der Waals surface area contributed by atoms with Crippen molar-refractivity contribution in [3.05, 3.63) is 151 Å². The molecule has 4 fully saturated rings. The fraction of sp³-hybridized carbons (Fsp3) is 0.213. The summed E-state index contributed by atoms with van der Waals surface area (Å²) in [7, 11) is 0. The maximum atomic E-state index is 6.84. The molecular formula is C47H37N3O. The lowest BCUT2D eigenvalue weighted by atomic mass is 9.42. The molecule has 12 rings (SSSR count). The van der Waals surface area contributed by atoms with Crippen molar-refractivity contribution in [1.29, 1.82) is 0 Å². The lowest BCUT2D eigenvalue weighted by molar-refractivity contribution is -0.0452. The molecular weight excluding hydrogens is 623 g/mol. The van der Waals surface area contributed by atoms with E-state index in [0.29, 0.717) is 29.3 Å². The van der Waals surface area contributed by atoms with Crippen LogP contribution in [-0.4, -0.2) is 15.0 Å². The molecule has 5 aliphatic rings. The number of ether oxygens (including phenoxy) is 1. The highest BCUT2D eigenvalue weighted by molar-refractivity contribution is 6.04. The Morgan fingerprint density at radius 2 is 0.980 bits per heavy atom. The number of hydrogen-bond donors (Lipinski definition) is 0. The number of hydrogen-bond acceptors (Lipinski definition) is 4. The van der Waals surface area contributed by atoms with E-state index in [1.54, 1.807) is 0 Å². The molecule has 0 saturated heterocycles. The van der Waals surface area contributed by atoms with Gasteiger partial charge in [0.15, 0.2) is 17.5 Å². The predicted octanol–water partition coefficient (Wildman–Crippen LogP) is 11.5. The first kappa shape index (κ1) is 29.2. The zero-order valence-electron chi connectivity index (χ0n) is 28.4. The second-order valence-electron chi connectivity index (χ2n) is 15.2. The Morgan fingerprint density at radius 3 is 1.71 bits per heavy atom. The van der Waals surface area contributed by atoms with Crippen LogP contribution >= 0.6 is 0 Å². The van der Waals surface area contributed by atoms with E-state index in [9.17, 15) is 0 Å². The number of aromatic nitrogens is 3. The minimum atomic E-state index is 0.00893. The Kier molecular flexibility index (Phi) is 6.40. The molecule has 7 aromatic rings. The average molecular weight is 660 g/mol. The van der Waals surface area contributed by atoms with E-state index in [1.165, 1.54) is 59.7 Å². The number of benzene rings is 6. The molecule has 4 saturated carbocycles. The van der Waals surface area contributed by atoms with Crippen molar-refractivity contribution in [3.63, 3.8) is 0 Å². The largest absolute Gasteiger partial charge is 0.457 e. The molecule has 2 heterocycles. The summed E-state index contributed by atoms with van der Waals surface area (Å²) in [5.74, 6) is 7.03. The molecule has 1 aromatic heterocycles. The van der Waals surface area contributed by atoms with Gasteiger partial charge in [-0.2, -0.15) is 0 Å². The molecule has 246 valence electrons. The second kappa shape index (κ2) is 11.2. The van der Waals surface area contributed by atoms with Gasteiger partial charge in [-0.3, -0.25) is 0 Å². The monoisotopic (exact) mass is 659 g/mol. The van der Waals surface area contributed by atoms with Crippen LogP contribution in [0, 0.1) is 23.7 Å². The molecule has 4 bridgehead atoms. The minimum absolute atomic E-state index is 0.00893. The summed E-state index contributed by atoms with van der Waals surface area (Å²) in [5.41, 5.74) is 8.04. The Bertz CT molecular complexity index is 2440. The number of fused-ring (bicyclic) bond motifs is 3. The summed E-state index contributed by atoms with van der Waals surface area (Å²) in [6.07, 6.45) is 6.75. The zero-order chi connectivity index (χ0) is 33.5. The van der Waals surface area contributed by atoms with Crippen LogP contribution in [0.4, 0.5) is 0 Å². The average Bonchev–Trinajstić information content (AvgIpc) is 3.19. The maximum absolute atomic E-state index is 6.84. The smallest absolute Gasteiger partial charge is 0.164 e. The molecule has 0 radical (unpaired) electrons. The van der Waals surface area contributed by atoms with E-state index < -0.39 is 0 Å². The maximum Gasteiger partial charge on any atom is 0.164 e. The van der Waals surface area contributed by atoms with E-state index in [1.807, 2.05) is 18.2 Å². The van der Waals surface area contributed by atoms with Gasteiger partial charge in [-0.25, -0.2) is 15.0 Å². The van der Waals surface area contributed by atoms with Gasteiger partial charge < -0.3 is 4.74 Å². The number of nitrogens with zero attached hydrogens (tertiary/aromatic N) is 3. The summed E-state index contributed by atoms with van der Waals surface area (Å²) in [6, 6.07) is 49.4. The summed E-state index contributed by atoms with van der Waals surface area (Å²) < 4.78 is 6.84. The van der Waals surface area contributed by atoms with E-state index in [2.05, 4.69) is 121 Å². The molecule has 6 aromatic carbocycles. The highest BCUT2D eigenvalue weighted by Crippen LogP contribution is 2.68. The van der Waals surface area contributed by atoms with Crippen molar-refractivity contribution in [3.8, 4) is 56.8 Å². The molecule has 0 amide bonds. The van der Waals surface area contributed by atoms with Crippen molar-refractivity contribution < 1.29 is 4.74 Å². The quantitative estimate of drug-likeness (QED) is 0.189. The van der Waals surface area contributed by atoms with Crippen LogP contribution in [0.15, 0.2) is 140 Å². The minimum Gasteiger partial charge on any atom is -0.457 e. The first-order valence-corrected chi connectivity index (χ1v) is 18.5. The Hall–Kier alpha value is -5.61. The van der Waals surface area contributed by atoms with Crippen LogP contribution in [0.2, 0.25) is 0 Å². The Labute approximate surface area is 298 Å². The van der Waals surface area contributed by atoms with Gasteiger partial charge in [0.05, 0.1) is 0 Å². The topological polar surface area (TPSA) is 47.9 Å². The molecule has 1 aliphatic heterocycles. The molecule has 4 nitrogen and oxygen atoms in total. The van der Waals surface area contributed by atoms with Crippen molar-refractivity contribution in [2.45, 2.75) is 37.5 Å². The van der Waals surface area contributed by atoms with Gasteiger partial charge in [0.1, 0.15) is 11.5 Å². The third-order valence-corrected chi connectivity index (χ3v) is 12.6. The molecule has 4 aliphatic carbocycles. The van der Waals surface area contributed by atoms with E-state index in [-0.39, 0.29) is 5.41 Å². The molecule has 0 unspecified atom stereocenters. The van der Waals surface area contributed by atoms with Crippen molar-refractivity contribution in [2.24, 2.45) is 23.7 Å². The van der Waals surface area contributed by atoms with E-state index in [4.69, 9.17) is 19.7 Å². The molecule has 51 heavy (non-hydrogen) atoms. The summed E-state index contributed by atoms with van der Waals surface area (Å²) in [4.78, 5) is 15.5. The van der Waals surface area contributed by atoms with Gasteiger partial charge in [-0.1, -0.05) is 121 Å². The van der Waals surface area contributed by atoms with Crippen LogP contribution < -0.4 is 4.74 Å². The first-order valence-electron chi connectivity index (χ1n) is 18.5. The Balaban J connectivity index is 1.09. The van der Waals surface area contributed by atoms with Crippen LogP contribution in [0.3, 0.4) is 0 Å². The SMILES string of the molecule is c1ccc(-c2nc(-c3ccc4c(c3)Oc3ccccc3C43C4CC5CC(C4)CC3C5)nc(-c3ccc(-c4ccccc4)c4ccccc34)n2)cc1. The van der Waals surface area contributed by atoms with Gasteiger partial charge >= 0.3 is 0 Å². The lowest BCUT2D eigenvalue weighted by Crippen LogP contribution is -2.56. The van der Waals surface area contributed by atoms with Gasteiger partial charge in [0.25, 0.3) is 0 Å².